The zero-order valence-electron chi connectivity index (χ0n) is 35.7. The van der Waals surface area contributed by atoms with E-state index in [1.807, 2.05) is 0 Å². The number of alkyl halides is 24. The number of aliphatic hydroxyl groups excluding tert-OH is 4. The van der Waals surface area contributed by atoms with Gasteiger partial charge >= 0.3 is 49.4 Å². The number of unbranched alkanes of at least 4 members (excludes halogenated alkanes) is 4. The Hall–Kier alpha value is -2.76. The fraction of sp³-hybridized carbons (Fsp3) is 0.556. The average molecular weight is 1480 g/mol. The molecule has 0 aromatic rings. The van der Waals surface area contributed by atoms with Crippen molar-refractivity contribution in [2.24, 2.45) is 0 Å². The van der Waals surface area contributed by atoms with Crippen LogP contribution in [-0.4, -0.2) is 93.0 Å². The van der Waals surface area contributed by atoms with Gasteiger partial charge in [0.15, 0.2) is 0 Å². The van der Waals surface area contributed by atoms with Crippen LogP contribution in [0.4, 0.5) is 105 Å². The molecular weight excluding hydrogens is 1450 g/mol. The number of allylic oxidation sites excluding steroid dienone is 8. The minimum atomic E-state index is -5.42. The van der Waals surface area contributed by atoms with E-state index >= 15 is 0 Å². The monoisotopic (exact) mass is 1480 g/mol. The Morgan fingerprint density at radius 3 is 0.472 bits per heavy atom. The van der Waals surface area contributed by atoms with Crippen molar-refractivity contribution in [3.63, 3.8) is 0 Å². The Bertz CT molecular complexity index is 1540. The van der Waals surface area contributed by atoms with Crippen molar-refractivity contribution in [3.05, 3.63) is 47.3 Å². The molecule has 0 bridgehead atoms. The molecule has 0 unspecified atom stereocenters. The smallest absolute Gasteiger partial charge is 0.454 e. The number of carbonyl (C=O) groups is 4. The van der Waals surface area contributed by atoms with Crippen LogP contribution in [0.25, 0.3) is 0 Å². The number of aliphatic hydroxyl groups is 4. The van der Waals surface area contributed by atoms with Gasteiger partial charge in [0.1, 0.15) is 0 Å². The van der Waals surface area contributed by atoms with E-state index in [1.54, 1.807) is 0 Å². The van der Waals surface area contributed by atoms with Crippen LogP contribution >= 0.6 is 0 Å². The van der Waals surface area contributed by atoms with Crippen molar-refractivity contribution in [2.75, 3.05) is 0 Å². The minimum Gasteiger partial charge on any atom is -0.504 e. The van der Waals surface area contributed by atoms with Gasteiger partial charge in [0.2, 0.25) is 23.0 Å². The second kappa shape index (κ2) is 42.5. The van der Waals surface area contributed by atoms with Crippen LogP contribution in [0.2, 0.25) is 0 Å². The molecule has 0 aliphatic heterocycles. The van der Waals surface area contributed by atoms with Crippen LogP contribution in [0.1, 0.15) is 79.1 Å². The summed E-state index contributed by atoms with van der Waals surface area (Å²) in [4.78, 5) is 39.4. The molecule has 0 atom stereocenters. The van der Waals surface area contributed by atoms with Gasteiger partial charge in [-0.05, 0) is 25.7 Å². The quantitative estimate of drug-likeness (QED) is 0.0617. The molecule has 0 aliphatic carbocycles. The van der Waals surface area contributed by atoms with Gasteiger partial charge in [-0.15, -0.1) is 23.7 Å². The summed E-state index contributed by atoms with van der Waals surface area (Å²) in [6.07, 6.45) is -37.7. The summed E-state index contributed by atoms with van der Waals surface area (Å²) in [5.41, 5.74) is 0. The fourth-order valence-electron chi connectivity index (χ4n) is 2.00. The summed E-state index contributed by atoms with van der Waals surface area (Å²) >= 11 is 0. The number of hydrogen-bond acceptors (Lipinski definition) is 8. The molecule has 72 heavy (non-hydrogen) atoms. The zero-order valence-corrected chi connectivity index (χ0v) is 41.6. The van der Waals surface area contributed by atoms with E-state index in [9.17, 15) is 125 Å². The first-order valence-electron chi connectivity index (χ1n) is 17.3. The molecule has 0 spiro atoms. The van der Waals surface area contributed by atoms with E-state index < -0.39 is 120 Å². The van der Waals surface area contributed by atoms with Crippen LogP contribution in [0.5, 0.6) is 0 Å². The van der Waals surface area contributed by atoms with Crippen LogP contribution in [0.15, 0.2) is 47.3 Å². The molecule has 0 rings (SSSR count). The molecule has 0 heterocycles. The Morgan fingerprint density at radius 1 is 0.292 bits per heavy atom. The number of rotatable bonds is 8. The fourth-order valence-corrected chi connectivity index (χ4v) is 2.00. The summed E-state index contributed by atoms with van der Waals surface area (Å²) in [5.74, 6) is -9.00. The first kappa shape index (κ1) is 91.9. The maximum atomic E-state index is 11.4. The van der Waals surface area contributed by atoms with Crippen LogP contribution in [0, 0.1) is 23.7 Å². The van der Waals surface area contributed by atoms with Crippen LogP contribution < -0.4 is 0 Å². The Balaban J connectivity index is -0.0000000800. The molecule has 0 aromatic carbocycles. The van der Waals surface area contributed by atoms with Crippen molar-refractivity contribution in [1.82, 2.24) is 0 Å². The summed E-state index contributed by atoms with van der Waals surface area (Å²) < 4.78 is 272. The Kier molecular flexibility index (Phi) is 54.2. The molecule has 440 valence electrons. The van der Waals surface area contributed by atoms with Gasteiger partial charge in [-0.1, -0.05) is 27.7 Å². The van der Waals surface area contributed by atoms with Gasteiger partial charge < -0.3 is 20.4 Å². The Labute approximate surface area is 454 Å². The Morgan fingerprint density at radius 2 is 0.403 bits per heavy atom. The third-order valence-corrected chi connectivity index (χ3v) is 5.10. The van der Waals surface area contributed by atoms with E-state index in [0.717, 1.165) is 25.7 Å². The zero-order chi connectivity index (χ0) is 55.9. The van der Waals surface area contributed by atoms with Gasteiger partial charge in [-0.25, -0.2) is 0 Å². The predicted molar refractivity (Wildman–Crippen MR) is 186 cm³/mol. The molecule has 36 heteroatoms. The SMILES string of the molecule is CCCC#CCCC.CCCC#CCCC.O=C(/C=C(\O)C(F)(F)F)C(F)(F)F.O=C(/C=C(\O)C(F)(F)F)C(F)(F)F.O=C(/C=C(\O)C(F)(F)F)C(F)(F)F.O=C(/C=C(\O)C(F)(F)F)C(F)(F)F.[Ag].[Ag].[Ag].[Ag]. The molecule has 4 N–H and O–H groups in total. The van der Waals surface area contributed by atoms with Crippen molar-refractivity contribution >= 4 is 23.1 Å². The summed E-state index contributed by atoms with van der Waals surface area (Å²) in [6, 6.07) is 0. The predicted octanol–water partition coefficient (Wildman–Crippen LogP) is 13.7. The third kappa shape index (κ3) is 58.1. The number of ketones is 4. The van der Waals surface area contributed by atoms with Crippen molar-refractivity contribution in [2.45, 2.75) is 128 Å². The van der Waals surface area contributed by atoms with Crippen molar-refractivity contribution in [1.29, 1.82) is 0 Å². The van der Waals surface area contributed by atoms with Crippen molar-refractivity contribution < 1.29 is 234 Å². The molecular formula is C36H36Ag4F24O8. The largest absolute Gasteiger partial charge is 0.504 e. The second-order valence-electron chi connectivity index (χ2n) is 11.3. The number of carbonyl (C=O) groups excluding carboxylic acids is 4. The minimum absolute atomic E-state index is 0. The molecule has 0 amide bonds. The van der Waals surface area contributed by atoms with Crippen LogP contribution in [0.3, 0.4) is 0 Å². The first-order valence-corrected chi connectivity index (χ1v) is 17.3. The third-order valence-electron chi connectivity index (χ3n) is 5.10. The second-order valence-corrected chi connectivity index (χ2v) is 11.3. The summed E-state index contributed by atoms with van der Waals surface area (Å²) in [6.45, 7) is 8.61. The molecule has 0 saturated carbocycles. The summed E-state index contributed by atoms with van der Waals surface area (Å²) in [7, 11) is 0. The summed E-state index contributed by atoms with van der Waals surface area (Å²) in [5, 5.41) is 31.7. The first-order chi connectivity index (χ1) is 30.0. The standard InChI is InChI=1S/2C8H14.4C5H2F6O2.4Ag/c2*1-3-5-7-8-6-4-2;4*6-4(7,8)2(12)1-3(13)5(9,10)11;;;;/h2*3-6H2,1-2H3;4*1,12H;;;;/b;;4*2-1-;;;;. The number of hydrogen-bond donors (Lipinski definition) is 4. The number of halogens is 24. The van der Waals surface area contributed by atoms with Gasteiger partial charge in [0.05, 0.1) is 0 Å². The van der Waals surface area contributed by atoms with E-state index in [1.165, 1.54) is 25.7 Å². The van der Waals surface area contributed by atoms with Gasteiger partial charge in [0, 0.05) is 140 Å². The van der Waals surface area contributed by atoms with Gasteiger partial charge in [-0.3, -0.25) is 19.2 Å². The molecule has 0 aromatic heterocycles. The topological polar surface area (TPSA) is 149 Å². The maximum absolute atomic E-state index is 11.4. The normalized spacial score (nSPS) is 12.2. The molecule has 4 radical (unpaired) electrons. The molecule has 0 aliphatic rings. The van der Waals surface area contributed by atoms with Gasteiger partial charge in [-0.2, -0.15) is 105 Å². The average Bonchev–Trinajstić information content (AvgIpc) is 3.13. The maximum Gasteiger partial charge on any atom is 0.454 e. The molecule has 0 saturated heterocycles. The van der Waals surface area contributed by atoms with E-state index in [0.29, 0.717) is 0 Å². The van der Waals surface area contributed by atoms with E-state index in [2.05, 4.69) is 51.4 Å². The molecule has 0 fully saturated rings. The van der Waals surface area contributed by atoms with E-state index in [4.69, 9.17) is 20.4 Å². The van der Waals surface area contributed by atoms with Gasteiger partial charge in [0.25, 0.3) is 23.1 Å². The van der Waals surface area contributed by atoms with Crippen molar-refractivity contribution in [3.8, 4) is 23.7 Å². The molecule has 8 nitrogen and oxygen atoms in total. The van der Waals surface area contributed by atoms with Crippen LogP contribution in [-0.2, 0) is 109 Å². The van der Waals surface area contributed by atoms with E-state index in [-0.39, 0.29) is 89.5 Å².